The van der Waals surface area contributed by atoms with Gasteiger partial charge in [-0.2, -0.15) is 0 Å². The molecule has 5 heteroatoms. The number of aliphatic carboxylic acids is 1. The van der Waals surface area contributed by atoms with Crippen molar-refractivity contribution in [3.05, 3.63) is 11.1 Å². The van der Waals surface area contributed by atoms with Crippen molar-refractivity contribution >= 4 is 23.5 Å². The molecule has 0 aromatic carbocycles. The van der Waals surface area contributed by atoms with Crippen molar-refractivity contribution < 1.29 is 19.4 Å². The molecule has 0 amide bonds. The van der Waals surface area contributed by atoms with Crippen LogP contribution in [0.5, 0.6) is 0 Å². The van der Waals surface area contributed by atoms with Gasteiger partial charge in [0.1, 0.15) is 0 Å². The number of carboxylic acid groups (broad SMARTS) is 1. The SMILES string of the molecule is CC(C)COC(=O)C1CC=C(Cl)CC1C(=O)O. The van der Waals surface area contributed by atoms with Gasteiger partial charge in [0.05, 0.1) is 18.4 Å². The van der Waals surface area contributed by atoms with Crippen molar-refractivity contribution in [3.63, 3.8) is 0 Å². The lowest BCUT2D eigenvalue weighted by Gasteiger charge is -2.25. The van der Waals surface area contributed by atoms with Crippen LogP contribution in [0.3, 0.4) is 0 Å². The minimum Gasteiger partial charge on any atom is -0.481 e. The number of carbonyl (C=O) groups is 2. The summed E-state index contributed by atoms with van der Waals surface area (Å²) in [6, 6.07) is 0. The highest BCUT2D eigenvalue weighted by Crippen LogP contribution is 2.32. The van der Waals surface area contributed by atoms with E-state index in [-0.39, 0.29) is 12.3 Å². The molecule has 2 atom stereocenters. The molecule has 2 unspecified atom stereocenters. The van der Waals surface area contributed by atoms with E-state index < -0.39 is 23.8 Å². The second kappa shape index (κ2) is 6.05. The summed E-state index contributed by atoms with van der Waals surface area (Å²) in [6.07, 6.45) is 2.24. The Morgan fingerprint density at radius 2 is 2.18 bits per heavy atom. The third-order valence-corrected chi connectivity index (χ3v) is 2.98. The van der Waals surface area contributed by atoms with Crippen LogP contribution in [0.2, 0.25) is 0 Å². The number of hydrogen-bond acceptors (Lipinski definition) is 3. The van der Waals surface area contributed by atoms with E-state index in [1.807, 2.05) is 13.8 Å². The Bertz CT molecular complexity index is 335. The Labute approximate surface area is 106 Å². The number of esters is 1. The number of carbonyl (C=O) groups excluding carboxylic acids is 1. The fraction of sp³-hybridized carbons (Fsp3) is 0.667. The molecule has 0 aromatic rings. The smallest absolute Gasteiger partial charge is 0.310 e. The van der Waals surface area contributed by atoms with Gasteiger partial charge in [0.25, 0.3) is 0 Å². The summed E-state index contributed by atoms with van der Waals surface area (Å²) >= 11 is 5.80. The van der Waals surface area contributed by atoms with Crippen LogP contribution in [0.15, 0.2) is 11.1 Å². The van der Waals surface area contributed by atoms with Crippen molar-refractivity contribution in [1.82, 2.24) is 0 Å². The number of halogens is 1. The van der Waals surface area contributed by atoms with Gasteiger partial charge in [0.15, 0.2) is 0 Å². The highest BCUT2D eigenvalue weighted by Gasteiger charge is 2.37. The minimum atomic E-state index is -0.997. The van der Waals surface area contributed by atoms with Gasteiger partial charge in [-0.1, -0.05) is 31.5 Å². The molecule has 0 heterocycles. The van der Waals surface area contributed by atoms with Crippen LogP contribution in [-0.4, -0.2) is 23.7 Å². The zero-order valence-electron chi connectivity index (χ0n) is 9.98. The fourth-order valence-electron chi connectivity index (χ4n) is 1.73. The zero-order chi connectivity index (χ0) is 13.0. The summed E-state index contributed by atoms with van der Waals surface area (Å²) in [5.74, 6) is -2.58. The van der Waals surface area contributed by atoms with Crippen molar-refractivity contribution in [1.29, 1.82) is 0 Å². The number of ether oxygens (including phenoxy) is 1. The van der Waals surface area contributed by atoms with Gasteiger partial charge < -0.3 is 9.84 Å². The number of rotatable bonds is 4. The first kappa shape index (κ1) is 14.0. The molecule has 0 spiro atoms. The summed E-state index contributed by atoms with van der Waals surface area (Å²) in [6.45, 7) is 4.18. The molecule has 17 heavy (non-hydrogen) atoms. The van der Waals surface area contributed by atoms with E-state index in [0.29, 0.717) is 18.1 Å². The highest BCUT2D eigenvalue weighted by molar-refractivity contribution is 6.29. The van der Waals surface area contributed by atoms with E-state index in [4.69, 9.17) is 21.4 Å². The van der Waals surface area contributed by atoms with Crippen LogP contribution in [-0.2, 0) is 14.3 Å². The van der Waals surface area contributed by atoms with E-state index in [0.717, 1.165) is 0 Å². The van der Waals surface area contributed by atoms with Gasteiger partial charge in [-0.25, -0.2) is 0 Å². The molecule has 0 aromatic heterocycles. The maximum absolute atomic E-state index is 11.8. The lowest BCUT2D eigenvalue weighted by atomic mass is 9.83. The quantitative estimate of drug-likeness (QED) is 0.789. The second-order valence-electron chi connectivity index (χ2n) is 4.67. The number of carboxylic acids is 1. The highest BCUT2D eigenvalue weighted by atomic mass is 35.5. The molecule has 0 saturated heterocycles. The largest absolute Gasteiger partial charge is 0.481 e. The summed E-state index contributed by atoms with van der Waals surface area (Å²) < 4.78 is 5.08. The topological polar surface area (TPSA) is 63.6 Å². The third-order valence-electron chi connectivity index (χ3n) is 2.67. The Hall–Kier alpha value is -1.03. The second-order valence-corrected chi connectivity index (χ2v) is 5.15. The van der Waals surface area contributed by atoms with Gasteiger partial charge in [-0.3, -0.25) is 9.59 Å². The number of allylic oxidation sites excluding steroid dienone is 2. The summed E-state index contributed by atoms with van der Waals surface area (Å²) in [7, 11) is 0. The first-order valence-electron chi connectivity index (χ1n) is 5.65. The van der Waals surface area contributed by atoms with Crippen LogP contribution in [0, 0.1) is 17.8 Å². The fourth-order valence-corrected chi connectivity index (χ4v) is 1.99. The van der Waals surface area contributed by atoms with Crippen LogP contribution < -0.4 is 0 Å². The summed E-state index contributed by atoms with van der Waals surface area (Å²) in [5.41, 5.74) is 0. The minimum absolute atomic E-state index is 0.207. The monoisotopic (exact) mass is 260 g/mol. The molecule has 4 nitrogen and oxygen atoms in total. The van der Waals surface area contributed by atoms with Crippen molar-refractivity contribution in [2.45, 2.75) is 26.7 Å². The molecule has 96 valence electrons. The Morgan fingerprint density at radius 3 is 2.71 bits per heavy atom. The zero-order valence-corrected chi connectivity index (χ0v) is 10.7. The molecule has 0 fully saturated rings. The molecule has 0 bridgehead atoms. The average Bonchev–Trinajstić information content (AvgIpc) is 2.25. The molecule has 0 radical (unpaired) electrons. The molecule has 1 aliphatic rings. The van der Waals surface area contributed by atoms with Gasteiger partial charge in [-0.05, 0) is 18.8 Å². The molecule has 0 saturated carbocycles. The van der Waals surface area contributed by atoms with E-state index in [1.54, 1.807) is 6.08 Å². The van der Waals surface area contributed by atoms with Gasteiger partial charge >= 0.3 is 11.9 Å². The maximum atomic E-state index is 11.8. The maximum Gasteiger partial charge on any atom is 0.310 e. The predicted octanol–water partition coefficient (Wildman–Crippen LogP) is 2.42. The number of hydrogen-bond donors (Lipinski definition) is 1. The van der Waals surface area contributed by atoms with Crippen molar-refractivity contribution in [2.75, 3.05) is 6.61 Å². The molecule has 1 aliphatic carbocycles. The van der Waals surface area contributed by atoms with Crippen molar-refractivity contribution in [2.24, 2.45) is 17.8 Å². The molecule has 1 N–H and O–H groups in total. The lowest BCUT2D eigenvalue weighted by molar-refractivity contribution is -0.158. The van der Waals surface area contributed by atoms with Crippen molar-refractivity contribution in [3.8, 4) is 0 Å². The average molecular weight is 261 g/mol. The van der Waals surface area contributed by atoms with E-state index in [1.165, 1.54) is 0 Å². The third kappa shape index (κ3) is 4.04. The Balaban J connectivity index is 2.67. The van der Waals surface area contributed by atoms with Gasteiger partial charge in [0, 0.05) is 5.03 Å². The molecular weight excluding hydrogens is 244 g/mol. The van der Waals surface area contributed by atoms with E-state index in [2.05, 4.69) is 0 Å². The normalized spacial score (nSPS) is 24.4. The van der Waals surface area contributed by atoms with Crippen LogP contribution in [0.25, 0.3) is 0 Å². The van der Waals surface area contributed by atoms with Crippen LogP contribution >= 0.6 is 11.6 Å². The Kier molecular flexibility index (Phi) is 5.00. The van der Waals surface area contributed by atoms with Crippen LogP contribution in [0.4, 0.5) is 0 Å². The first-order chi connectivity index (χ1) is 7.91. The summed E-state index contributed by atoms with van der Waals surface area (Å²) in [4.78, 5) is 22.8. The standard InChI is InChI=1S/C12H17ClO4/c1-7(2)6-17-12(16)9-4-3-8(13)5-10(9)11(14)15/h3,7,9-10H,4-6H2,1-2H3,(H,14,15). The predicted molar refractivity (Wildman–Crippen MR) is 63.6 cm³/mol. The van der Waals surface area contributed by atoms with Gasteiger partial charge in [0.2, 0.25) is 0 Å². The molecule has 0 aliphatic heterocycles. The van der Waals surface area contributed by atoms with E-state index >= 15 is 0 Å². The molecular formula is C12H17ClO4. The van der Waals surface area contributed by atoms with Crippen LogP contribution in [0.1, 0.15) is 26.7 Å². The lowest BCUT2D eigenvalue weighted by Crippen LogP contribution is -2.33. The molecule has 1 rings (SSSR count). The first-order valence-corrected chi connectivity index (χ1v) is 6.03. The van der Waals surface area contributed by atoms with Gasteiger partial charge in [-0.15, -0.1) is 0 Å². The van der Waals surface area contributed by atoms with E-state index in [9.17, 15) is 9.59 Å². The summed E-state index contributed by atoms with van der Waals surface area (Å²) in [5, 5.41) is 9.56. The Morgan fingerprint density at radius 1 is 1.53 bits per heavy atom.